The molecule has 0 aromatic carbocycles. The van der Waals surface area contributed by atoms with Gasteiger partial charge in [0.05, 0.1) is 0 Å². The van der Waals surface area contributed by atoms with Gasteiger partial charge in [-0.25, -0.2) is 4.79 Å². The Morgan fingerprint density at radius 3 is 3.00 bits per heavy atom. The number of carboxylic acid groups (broad SMARTS) is 1. The lowest BCUT2D eigenvalue weighted by Crippen LogP contribution is -2.22. The topological polar surface area (TPSA) is 60.4 Å². The molecule has 0 saturated carbocycles. The summed E-state index contributed by atoms with van der Waals surface area (Å²) in [7, 11) is 0. The van der Waals surface area contributed by atoms with E-state index in [1.165, 1.54) is 11.8 Å². The minimum absolute atomic E-state index is 0.137. The van der Waals surface area contributed by atoms with Gasteiger partial charge in [0.15, 0.2) is 0 Å². The molecule has 5 heteroatoms. The zero-order valence-corrected chi connectivity index (χ0v) is 9.04. The normalized spacial score (nSPS) is 23.4. The van der Waals surface area contributed by atoms with Crippen LogP contribution in [0, 0.1) is 0 Å². The molecule has 1 aliphatic rings. The van der Waals surface area contributed by atoms with Crippen molar-refractivity contribution in [3.05, 3.63) is 9.81 Å². The van der Waals surface area contributed by atoms with Crippen molar-refractivity contribution < 1.29 is 14.5 Å². The van der Waals surface area contributed by atoms with Crippen LogP contribution in [0.3, 0.4) is 0 Å². The van der Waals surface area contributed by atoms with E-state index in [-0.39, 0.29) is 4.91 Å². The maximum absolute atomic E-state index is 11.4. The number of carbonyl (C=O) groups is 1. The minimum Gasteiger partial charge on any atom is -0.611 e. The SMILES string of the molecule is CCCC1=C(C(=O)O)[S+]([O-])CCS1. The second-order valence-corrected chi connectivity index (χ2v) is 5.40. The molecule has 74 valence electrons. The van der Waals surface area contributed by atoms with E-state index in [2.05, 4.69) is 0 Å². The molecule has 0 amide bonds. The highest BCUT2D eigenvalue weighted by atomic mass is 32.2. The maximum Gasteiger partial charge on any atom is 0.385 e. The van der Waals surface area contributed by atoms with E-state index in [0.717, 1.165) is 23.5 Å². The van der Waals surface area contributed by atoms with Crippen LogP contribution in [0.25, 0.3) is 0 Å². The van der Waals surface area contributed by atoms with E-state index in [1.807, 2.05) is 6.92 Å². The summed E-state index contributed by atoms with van der Waals surface area (Å²) in [5.41, 5.74) is 0. The third-order valence-electron chi connectivity index (χ3n) is 1.70. The fourth-order valence-electron chi connectivity index (χ4n) is 1.16. The van der Waals surface area contributed by atoms with E-state index in [1.54, 1.807) is 0 Å². The smallest absolute Gasteiger partial charge is 0.385 e. The highest BCUT2D eigenvalue weighted by Gasteiger charge is 2.30. The van der Waals surface area contributed by atoms with Crippen LogP contribution in [-0.4, -0.2) is 27.1 Å². The first-order chi connectivity index (χ1) is 6.16. The van der Waals surface area contributed by atoms with Crippen LogP contribution in [0.15, 0.2) is 9.81 Å². The first kappa shape index (κ1) is 10.9. The van der Waals surface area contributed by atoms with Crippen LogP contribution in [0.4, 0.5) is 0 Å². The fourth-order valence-corrected chi connectivity index (χ4v) is 4.13. The predicted molar refractivity (Wildman–Crippen MR) is 55.0 cm³/mol. The predicted octanol–water partition coefficient (Wildman–Crippen LogP) is 1.58. The maximum atomic E-state index is 11.4. The molecule has 3 nitrogen and oxygen atoms in total. The van der Waals surface area contributed by atoms with Gasteiger partial charge in [-0.15, -0.1) is 11.8 Å². The van der Waals surface area contributed by atoms with Gasteiger partial charge < -0.3 is 9.66 Å². The molecule has 0 saturated heterocycles. The van der Waals surface area contributed by atoms with Crippen LogP contribution in [0.2, 0.25) is 0 Å². The van der Waals surface area contributed by atoms with Gasteiger partial charge in [-0.1, -0.05) is 13.3 Å². The molecule has 0 aromatic rings. The molecule has 1 rings (SSSR count). The Morgan fingerprint density at radius 1 is 1.77 bits per heavy atom. The first-order valence-corrected chi connectivity index (χ1v) is 6.45. The van der Waals surface area contributed by atoms with E-state index in [0.29, 0.717) is 5.75 Å². The van der Waals surface area contributed by atoms with Crippen LogP contribution < -0.4 is 0 Å². The number of aliphatic carboxylic acids is 1. The quantitative estimate of drug-likeness (QED) is 0.733. The molecule has 0 spiro atoms. The molecule has 13 heavy (non-hydrogen) atoms. The summed E-state index contributed by atoms with van der Waals surface area (Å²) in [5.74, 6) is 0.229. The van der Waals surface area contributed by atoms with Crippen molar-refractivity contribution in [2.24, 2.45) is 0 Å². The molecule has 0 fully saturated rings. The van der Waals surface area contributed by atoms with E-state index in [9.17, 15) is 9.35 Å². The zero-order valence-electron chi connectivity index (χ0n) is 7.41. The average molecular weight is 220 g/mol. The molecule has 1 aliphatic heterocycles. The Kier molecular flexibility index (Phi) is 4.15. The van der Waals surface area contributed by atoms with Gasteiger partial charge in [0, 0.05) is 10.7 Å². The standard InChI is InChI=1S/C8H12O3S2/c1-2-3-6-7(8(9)10)13(11)5-4-12-6/h2-5H2,1H3,(H,9,10). The molecule has 0 aliphatic carbocycles. The van der Waals surface area contributed by atoms with Gasteiger partial charge in [-0.2, -0.15) is 0 Å². The summed E-state index contributed by atoms with van der Waals surface area (Å²) in [6.07, 6.45) is 1.63. The number of hydrogen-bond donors (Lipinski definition) is 1. The average Bonchev–Trinajstić information content (AvgIpc) is 2.04. The molecular formula is C8H12O3S2. The minimum atomic E-state index is -1.28. The molecular weight excluding hydrogens is 208 g/mol. The summed E-state index contributed by atoms with van der Waals surface area (Å²) in [6, 6.07) is 0. The second kappa shape index (κ2) is 4.93. The van der Waals surface area contributed by atoms with Crippen molar-refractivity contribution in [3.8, 4) is 0 Å². The summed E-state index contributed by atoms with van der Waals surface area (Å²) >= 11 is 0.253. The lowest BCUT2D eigenvalue weighted by atomic mass is 10.3. The van der Waals surface area contributed by atoms with Crippen molar-refractivity contribution in [3.63, 3.8) is 0 Å². The molecule has 0 bridgehead atoms. The highest BCUT2D eigenvalue weighted by Crippen LogP contribution is 2.32. The van der Waals surface area contributed by atoms with Gasteiger partial charge >= 0.3 is 5.97 Å². The van der Waals surface area contributed by atoms with Gasteiger partial charge in [-0.3, -0.25) is 0 Å². The molecule has 1 N–H and O–H groups in total. The van der Waals surface area contributed by atoms with Crippen LogP contribution in [0.5, 0.6) is 0 Å². The Balaban J connectivity index is 2.90. The van der Waals surface area contributed by atoms with Crippen molar-refractivity contribution in [1.82, 2.24) is 0 Å². The summed E-state index contributed by atoms with van der Waals surface area (Å²) in [6.45, 7) is 1.99. The summed E-state index contributed by atoms with van der Waals surface area (Å²) in [5, 5.41) is 8.84. The Bertz CT molecular complexity index is 238. The van der Waals surface area contributed by atoms with Crippen molar-refractivity contribution in [1.29, 1.82) is 0 Å². The number of rotatable bonds is 3. The third kappa shape index (κ3) is 2.65. The van der Waals surface area contributed by atoms with E-state index in [4.69, 9.17) is 5.11 Å². The Hall–Kier alpha value is -0.130. The van der Waals surface area contributed by atoms with E-state index >= 15 is 0 Å². The van der Waals surface area contributed by atoms with Crippen molar-refractivity contribution in [2.75, 3.05) is 11.5 Å². The van der Waals surface area contributed by atoms with E-state index < -0.39 is 17.1 Å². The summed E-state index contributed by atoms with van der Waals surface area (Å²) in [4.78, 5) is 11.7. The first-order valence-electron chi connectivity index (χ1n) is 4.14. The van der Waals surface area contributed by atoms with Crippen molar-refractivity contribution in [2.45, 2.75) is 19.8 Å². The van der Waals surface area contributed by atoms with Crippen LogP contribution >= 0.6 is 11.8 Å². The Morgan fingerprint density at radius 2 is 2.46 bits per heavy atom. The molecule has 0 radical (unpaired) electrons. The van der Waals surface area contributed by atoms with Gasteiger partial charge in [0.1, 0.15) is 5.75 Å². The fraction of sp³-hybridized carbons (Fsp3) is 0.625. The number of thioether (sulfide) groups is 1. The highest BCUT2D eigenvalue weighted by molar-refractivity contribution is 8.07. The van der Waals surface area contributed by atoms with Crippen molar-refractivity contribution >= 4 is 28.9 Å². The number of hydrogen-bond acceptors (Lipinski definition) is 3. The molecule has 1 heterocycles. The third-order valence-corrected chi connectivity index (χ3v) is 4.70. The molecule has 1 atom stereocenters. The lowest BCUT2D eigenvalue weighted by molar-refractivity contribution is -0.131. The number of allylic oxidation sites excluding steroid dienone is 1. The zero-order chi connectivity index (χ0) is 9.84. The molecule has 0 aromatic heterocycles. The largest absolute Gasteiger partial charge is 0.611 e. The van der Waals surface area contributed by atoms with Gasteiger partial charge in [0.25, 0.3) is 0 Å². The Labute approximate surface area is 84.8 Å². The van der Waals surface area contributed by atoms with Crippen LogP contribution in [0.1, 0.15) is 19.8 Å². The summed E-state index contributed by atoms with van der Waals surface area (Å²) < 4.78 is 11.4. The molecule has 1 unspecified atom stereocenters. The van der Waals surface area contributed by atoms with Crippen LogP contribution in [-0.2, 0) is 16.0 Å². The number of carboxylic acids is 1. The monoisotopic (exact) mass is 220 g/mol. The van der Waals surface area contributed by atoms with Gasteiger partial charge in [-0.05, 0) is 17.6 Å². The second-order valence-electron chi connectivity index (χ2n) is 2.71. The lowest BCUT2D eigenvalue weighted by Gasteiger charge is -2.19. The van der Waals surface area contributed by atoms with Gasteiger partial charge in [0.2, 0.25) is 4.91 Å².